The number of carbonyl (C=O) groups is 1. The molecule has 1 heterocycles. The number of hydrogen-bond donors (Lipinski definition) is 1. The molecule has 98 valence electrons. The molecule has 0 aliphatic heterocycles. The quantitative estimate of drug-likeness (QED) is 0.911. The molecule has 2 rings (SSSR count). The first-order valence-corrected chi connectivity index (χ1v) is 5.96. The minimum Gasteiger partial charge on any atom is -0.476 e. The number of carboxylic acids is 1. The summed E-state index contributed by atoms with van der Waals surface area (Å²) >= 11 is 0. The maximum atomic E-state index is 11.8. The van der Waals surface area contributed by atoms with Crippen molar-refractivity contribution in [1.82, 2.24) is 9.78 Å². The van der Waals surface area contributed by atoms with Crippen LogP contribution in [0.25, 0.3) is 5.69 Å². The van der Waals surface area contributed by atoms with E-state index < -0.39 is 17.1 Å². The Morgan fingerprint density at radius 3 is 2.47 bits per heavy atom. The molecule has 0 radical (unpaired) electrons. The summed E-state index contributed by atoms with van der Waals surface area (Å²) in [6.45, 7) is 3.77. The van der Waals surface area contributed by atoms with Crippen molar-refractivity contribution in [3.8, 4) is 5.69 Å². The Labute approximate surface area is 110 Å². The van der Waals surface area contributed by atoms with E-state index in [4.69, 9.17) is 5.11 Å². The zero-order valence-electron chi connectivity index (χ0n) is 10.8. The molecule has 19 heavy (non-hydrogen) atoms. The fourth-order valence-corrected chi connectivity index (χ4v) is 1.76. The summed E-state index contributed by atoms with van der Waals surface area (Å²) in [5, 5.41) is 12.9. The molecule has 0 fully saturated rings. The third kappa shape index (κ3) is 2.54. The monoisotopic (exact) mass is 258 g/mol. The van der Waals surface area contributed by atoms with Gasteiger partial charge < -0.3 is 5.11 Å². The van der Waals surface area contributed by atoms with Gasteiger partial charge in [0.25, 0.3) is 0 Å². The van der Waals surface area contributed by atoms with Gasteiger partial charge in [0, 0.05) is 11.8 Å². The molecule has 0 spiro atoms. The van der Waals surface area contributed by atoms with Crippen molar-refractivity contribution in [3.63, 3.8) is 0 Å². The molecule has 1 N–H and O–H groups in total. The SMILES string of the molecule is CCc1cn(-c2ccc(C)cc2)nc(C(=O)O)c1=O. The fourth-order valence-electron chi connectivity index (χ4n) is 1.76. The lowest BCUT2D eigenvalue weighted by Crippen LogP contribution is -2.24. The molecule has 5 heteroatoms. The average Bonchev–Trinajstić information content (AvgIpc) is 2.39. The number of hydrogen-bond acceptors (Lipinski definition) is 3. The minimum absolute atomic E-state index is 0.438. The van der Waals surface area contributed by atoms with E-state index in [9.17, 15) is 9.59 Å². The second kappa shape index (κ2) is 5.06. The molecule has 0 bridgehead atoms. The summed E-state index contributed by atoms with van der Waals surface area (Å²) in [6.07, 6.45) is 2.05. The van der Waals surface area contributed by atoms with Gasteiger partial charge >= 0.3 is 5.97 Å². The van der Waals surface area contributed by atoms with Crippen LogP contribution in [0.1, 0.15) is 28.5 Å². The first kappa shape index (κ1) is 13.0. The summed E-state index contributed by atoms with van der Waals surface area (Å²) in [5.41, 5.74) is 1.30. The molecule has 0 saturated carbocycles. The third-order valence-corrected chi connectivity index (χ3v) is 2.87. The standard InChI is InChI=1S/C14H14N2O3/c1-3-10-8-16(11-6-4-9(2)5-7-11)15-12(13(10)17)14(18)19/h4-8H,3H2,1-2H3,(H,18,19). The van der Waals surface area contributed by atoms with Gasteiger partial charge in [0.2, 0.25) is 11.1 Å². The third-order valence-electron chi connectivity index (χ3n) is 2.87. The van der Waals surface area contributed by atoms with E-state index in [-0.39, 0.29) is 0 Å². The van der Waals surface area contributed by atoms with E-state index in [1.165, 1.54) is 4.68 Å². The molecule has 0 aliphatic carbocycles. The predicted molar refractivity (Wildman–Crippen MR) is 70.9 cm³/mol. The molecule has 0 aliphatic rings. The van der Waals surface area contributed by atoms with Crippen LogP contribution in [0.15, 0.2) is 35.3 Å². The van der Waals surface area contributed by atoms with Crippen LogP contribution < -0.4 is 5.43 Å². The highest BCUT2D eigenvalue weighted by Crippen LogP contribution is 2.08. The Kier molecular flexibility index (Phi) is 3.46. The van der Waals surface area contributed by atoms with E-state index in [1.54, 1.807) is 6.20 Å². The number of nitrogens with zero attached hydrogens (tertiary/aromatic N) is 2. The first-order valence-electron chi connectivity index (χ1n) is 5.96. The number of carboxylic acid groups (broad SMARTS) is 1. The molecule has 2 aromatic rings. The van der Waals surface area contributed by atoms with Gasteiger partial charge in [-0.3, -0.25) is 4.79 Å². The van der Waals surface area contributed by atoms with Gasteiger partial charge in [-0.1, -0.05) is 24.6 Å². The summed E-state index contributed by atoms with van der Waals surface area (Å²) < 4.78 is 1.43. The zero-order chi connectivity index (χ0) is 14.0. The second-order valence-electron chi connectivity index (χ2n) is 4.27. The summed E-state index contributed by atoms with van der Waals surface area (Å²) in [6, 6.07) is 7.47. The van der Waals surface area contributed by atoms with E-state index in [2.05, 4.69) is 5.10 Å². The largest absolute Gasteiger partial charge is 0.476 e. The first-order chi connectivity index (χ1) is 9.02. The fraction of sp³-hybridized carbons (Fsp3) is 0.214. The van der Waals surface area contributed by atoms with Gasteiger partial charge in [0.15, 0.2) is 0 Å². The van der Waals surface area contributed by atoms with Crippen LogP contribution in [0.3, 0.4) is 0 Å². The molecule has 0 atom stereocenters. The Morgan fingerprint density at radius 2 is 1.95 bits per heavy atom. The highest BCUT2D eigenvalue weighted by Gasteiger charge is 2.15. The van der Waals surface area contributed by atoms with E-state index in [1.807, 2.05) is 38.1 Å². The Morgan fingerprint density at radius 1 is 1.32 bits per heavy atom. The molecule has 0 saturated heterocycles. The van der Waals surface area contributed by atoms with Crippen LogP contribution in [0.2, 0.25) is 0 Å². The Bertz CT molecular complexity index is 672. The van der Waals surface area contributed by atoms with Crippen molar-refractivity contribution in [3.05, 3.63) is 57.5 Å². The van der Waals surface area contributed by atoms with Crippen molar-refractivity contribution >= 4 is 5.97 Å². The highest BCUT2D eigenvalue weighted by molar-refractivity contribution is 5.85. The normalized spacial score (nSPS) is 10.4. The molecule has 1 aromatic heterocycles. The van der Waals surface area contributed by atoms with Crippen molar-refractivity contribution in [1.29, 1.82) is 0 Å². The second-order valence-corrected chi connectivity index (χ2v) is 4.27. The van der Waals surface area contributed by atoms with Crippen molar-refractivity contribution in [2.24, 2.45) is 0 Å². The predicted octanol–water partition coefficient (Wildman–Crippen LogP) is 1.80. The van der Waals surface area contributed by atoms with Crippen molar-refractivity contribution in [2.45, 2.75) is 20.3 Å². The zero-order valence-corrected chi connectivity index (χ0v) is 10.8. The Hall–Kier alpha value is -2.43. The molecule has 0 unspecified atom stereocenters. The minimum atomic E-state index is -1.30. The van der Waals surface area contributed by atoms with E-state index >= 15 is 0 Å². The lowest BCUT2D eigenvalue weighted by molar-refractivity contribution is 0.0686. The number of rotatable bonds is 3. The smallest absolute Gasteiger partial charge is 0.360 e. The molecular formula is C14H14N2O3. The number of aromatic nitrogens is 2. The van der Waals surface area contributed by atoms with Crippen molar-refractivity contribution in [2.75, 3.05) is 0 Å². The average molecular weight is 258 g/mol. The maximum Gasteiger partial charge on any atom is 0.360 e. The van der Waals surface area contributed by atoms with Gasteiger partial charge in [-0.25, -0.2) is 9.48 Å². The number of aromatic carboxylic acids is 1. The van der Waals surface area contributed by atoms with E-state index in [0.29, 0.717) is 12.0 Å². The maximum absolute atomic E-state index is 11.8. The van der Waals surface area contributed by atoms with Crippen LogP contribution in [0.4, 0.5) is 0 Å². The van der Waals surface area contributed by atoms with E-state index in [0.717, 1.165) is 11.3 Å². The summed E-state index contributed by atoms with van der Waals surface area (Å²) in [5.74, 6) is -1.30. The van der Waals surface area contributed by atoms with Crippen LogP contribution in [0.5, 0.6) is 0 Å². The van der Waals surface area contributed by atoms with Crippen molar-refractivity contribution < 1.29 is 9.90 Å². The van der Waals surface area contributed by atoms with Crippen LogP contribution in [-0.4, -0.2) is 20.9 Å². The lowest BCUT2D eigenvalue weighted by Gasteiger charge is -2.08. The van der Waals surface area contributed by atoms with Gasteiger partial charge in [0.05, 0.1) is 5.69 Å². The van der Waals surface area contributed by atoms with Crippen LogP contribution in [-0.2, 0) is 6.42 Å². The topological polar surface area (TPSA) is 72.2 Å². The number of aryl methyl sites for hydroxylation is 2. The van der Waals surface area contributed by atoms with Crippen LogP contribution in [0, 0.1) is 6.92 Å². The van der Waals surface area contributed by atoms with Gasteiger partial charge in [-0.15, -0.1) is 0 Å². The van der Waals surface area contributed by atoms with Gasteiger partial charge in [-0.05, 0) is 25.5 Å². The molecule has 1 aromatic carbocycles. The Balaban J connectivity index is 2.64. The van der Waals surface area contributed by atoms with Gasteiger partial charge in [-0.2, -0.15) is 5.10 Å². The lowest BCUT2D eigenvalue weighted by atomic mass is 10.2. The van der Waals surface area contributed by atoms with Gasteiger partial charge in [0.1, 0.15) is 0 Å². The highest BCUT2D eigenvalue weighted by atomic mass is 16.4. The molecule has 0 amide bonds. The molecular weight excluding hydrogens is 244 g/mol. The molecule has 5 nitrogen and oxygen atoms in total. The number of benzene rings is 1. The summed E-state index contributed by atoms with van der Waals surface area (Å²) in [4.78, 5) is 22.9. The summed E-state index contributed by atoms with van der Waals surface area (Å²) in [7, 11) is 0. The van der Waals surface area contributed by atoms with Crippen LogP contribution >= 0.6 is 0 Å².